The van der Waals surface area contributed by atoms with E-state index >= 15 is 0 Å². The van der Waals surface area contributed by atoms with Gasteiger partial charge in [0.2, 0.25) is 0 Å². The molecule has 0 saturated carbocycles. The third-order valence-corrected chi connectivity index (χ3v) is 4.51. The van der Waals surface area contributed by atoms with Crippen LogP contribution in [0.5, 0.6) is 0 Å². The molecule has 0 unspecified atom stereocenters. The monoisotopic (exact) mass is 414 g/mol. The lowest BCUT2D eigenvalue weighted by atomic mass is 10.2. The van der Waals surface area contributed by atoms with Crippen molar-refractivity contribution in [2.75, 3.05) is 6.61 Å². The fourth-order valence-electron chi connectivity index (χ4n) is 0.988. The molecule has 0 saturated heterocycles. The first-order valence-corrected chi connectivity index (χ1v) is 6.72. The molecule has 0 aliphatic heterocycles. The maximum Gasteiger partial charge on any atom is 0.0717 e. The summed E-state index contributed by atoms with van der Waals surface area (Å²) in [4.78, 5) is 0. The molecule has 0 aliphatic rings. The zero-order chi connectivity index (χ0) is 10.2. The van der Waals surface area contributed by atoms with Crippen LogP contribution in [0.15, 0.2) is 38.0 Å². The van der Waals surface area contributed by atoms with Crippen molar-refractivity contribution in [3.8, 4) is 0 Å². The van der Waals surface area contributed by atoms with Crippen LogP contribution >= 0.6 is 45.2 Å². The van der Waals surface area contributed by atoms with E-state index in [1.54, 1.807) is 0 Å². The van der Waals surface area contributed by atoms with Gasteiger partial charge >= 0.3 is 0 Å². The van der Waals surface area contributed by atoms with E-state index in [4.69, 9.17) is 4.74 Å². The summed E-state index contributed by atoms with van der Waals surface area (Å²) >= 11 is 4.59. The second-order valence-corrected chi connectivity index (χ2v) is 4.85. The Kier molecular flexibility index (Phi) is 6.80. The van der Waals surface area contributed by atoms with E-state index in [0.717, 1.165) is 13.0 Å². The fourth-order valence-corrected chi connectivity index (χ4v) is 1.52. The lowest BCUT2D eigenvalue weighted by Crippen LogP contribution is -1.94. The summed E-state index contributed by atoms with van der Waals surface area (Å²) in [6.07, 6.45) is 1.01. The van der Waals surface area contributed by atoms with Gasteiger partial charge < -0.3 is 4.74 Å². The summed E-state index contributed by atoms with van der Waals surface area (Å²) in [5.41, 5.74) is 1.24. The Morgan fingerprint density at radius 3 is 2.64 bits per heavy atom. The molecule has 3 heteroatoms. The molecule has 1 rings (SSSR count). The smallest absolute Gasteiger partial charge is 0.0717 e. The van der Waals surface area contributed by atoms with Crippen molar-refractivity contribution in [3.63, 3.8) is 0 Å². The summed E-state index contributed by atoms with van der Waals surface area (Å²) in [5.74, 6) is 0. The molecule has 1 aromatic carbocycles. The Morgan fingerprint density at radius 1 is 1.29 bits per heavy atom. The molecule has 0 fully saturated rings. The van der Waals surface area contributed by atoms with Crippen LogP contribution in [0.2, 0.25) is 0 Å². The van der Waals surface area contributed by atoms with Crippen molar-refractivity contribution in [1.82, 2.24) is 0 Å². The molecule has 1 nitrogen and oxygen atoms in total. The highest BCUT2D eigenvalue weighted by molar-refractivity contribution is 14.1. The van der Waals surface area contributed by atoms with Crippen molar-refractivity contribution < 1.29 is 4.74 Å². The highest BCUT2D eigenvalue weighted by Crippen LogP contribution is 2.13. The van der Waals surface area contributed by atoms with Crippen LogP contribution in [-0.2, 0) is 11.3 Å². The van der Waals surface area contributed by atoms with Crippen LogP contribution in [0.4, 0.5) is 0 Å². The minimum atomic E-state index is 0.714. The number of halogens is 2. The summed E-state index contributed by atoms with van der Waals surface area (Å²) in [7, 11) is 0. The van der Waals surface area contributed by atoms with Crippen LogP contribution in [0, 0.1) is 0 Å². The Morgan fingerprint density at radius 2 is 2.00 bits per heavy atom. The van der Waals surface area contributed by atoms with Gasteiger partial charge in [-0.3, -0.25) is 0 Å². The first kappa shape index (κ1) is 12.4. The Labute approximate surface area is 112 Å². The van der Waals surface area contributed by atoms with Gasteiger partial charge in [0.15, 0.2) is 0 Å². The summed E-state index contributed by atoms with van der Waals surface area (Å²) in [6.45, 7) is 1.51. The van der Waals surface area contributed by atoms with Crippen LogP contribution in [0.1, 0.15) is 12.0 Å². The lowest BCUT2D eigenvalue weighted by Gasteiger charge is -2.03. The van der Waals surface area contributed by atoms with Crippen molar-refractivity contribution in [2.24, 2.45) is 0 Å². The van der Waals surface area contributed by atoms with Crippen LogP contribution in [-0.4, -0.2) is 6.61 Å². The number of hydrogen-bond acceptors (Lipinski definition) is 1. The van der Waals surface area contributed by atoms with Gasteiger partial charge in [0.25, 0.3) is 0 Å². The summed E-state index contributed by atoms with van der Waals surface area (Å²) in [5, 5.41) is 0. The van der Waals surface area contributed by atoms with Crippen LogP contribution < -0.4 is 0 Å². The van der Waals surface area contributed by atoms with Crippen molar-refractivity contribution >= 4 is 45.2 Å². The number of benzene rings is 1. The molecule has 0 N–H and O–H groups in total. The molecule has 0 heterocycles. The zero-order valence-corrected chi connectivity index (χ0v) is 12.1. The lowest BCUT2D eigenvalue weighted by molar-refractivity contribution is 0.125. The molecule has 0 aliphatic carbocycles. The van der Waals surface area contributed by atoms with Crippen LogP contribution in [0.25, 0.3) is 0 Å². The average Bonchev–Trinajstić information content (AvgIpc) is 2.25. The van der Waals surface area contributed by atoms with Crippen molar-refractivity contribution in [1.29, 1.82) is 0 Å². The Hall–Kier alpha value is 0.380. The fraction of sp³-hybridized carbons (Fsp3) is 0.273. The normalized spacial score (nSPS) is 11.7. The highest BCUT2D eigenvalue weighted by atomic mass is 127. The standard InChI is InChI=1S/C11H12I2O/c12-8-11(13)6-7-14-9-10-4-2-1-3-5-10/h1-5,8H,6-7,9H2/b11-8+. The van der Waals surface area contributed by atoms with Gasteiger partial charge in [-0.25, -0.2) is 0 Å². The van der Waals surface area contributed by atoms with Crippen molar-refractivity contribution in [3.05, 3.63) is 43.6 Å². The van der Waals surface area contributed by atoms with E-state index in [1.165, 1.54) is 9.14 Å². The Balaban J connectivity index is 2.17. The second-order valence-electron chi connectivity index (χ2n) is 2.84. The molecular formula is C11H12I2O. The molecule has 76 valence electrons. The summed E-state index contributed by atoms with van der Waals surface area (Å²) < 4.78 is 8.97. The van der Waals surface area contributed by atoms with E-state index in [0.29, 0.717) is 6.61 Å². The first-order valence-electron chi connectivity index (χ1n) is 4.39. The maximum absolute atomic E-state index is 5.54. The number of ether oxygens (including phenoxy) is 1. The molecular weight excluding hydrogens is 402 g/mol. The average molecular weight is 414 g/mol. The maximum atomic E-state index is 5.54. The van der Waals surface area contributed by atoms with Gasteiger partial charge in [0.05, 0.1) is 13.2 Å². The molecule has 14 heavy (non-hydrogen) atoms. The predicted octanol–water partition coefficient (Wildman–Crippen LogP) is 4.30. The number of hydrogen-bond donors (Lipinski definition) is 0. The largest absolute Gasteiger partial charge is 0.376 e. The third kappa shape index (κ3) is 5.31. The van der Waals surface area contributed by atoms with Gasteiger partial charge in [-0.05, 0) is 35.8 Å². The molecule has 0 bridgehead atoms. The van der Waals surface area contributed by atoms with Gasteiger partial charge in [-0.15, -0.1) is 0 Å². The minimum Gasteiger partial charge on any atom is -0.376 e. The topological polar surface area (TPSA) is 9.23 Å². The Bertz CT molecular complexity index is 283. The zero-order valence-electron chi connectivity index (χ0n) is 7.75. The molecule has 0 aromatic heterocycles. The minimum absolute atomic E-state index is 0.714. The quantitative estimate of drug-likeness (QED) is 0.516. The van der Waals surface area contributed by atoms with E-state index < -0.39 is 0 Å². The third-order valence-electron chi connectivity index (χ3n) is 1.72. The van der Waals surface area contributed by atoms with E-state index in [1.807, 2.05) is 18.2 Å². The molecule has 0 atom stereocenters. The second kappa shape index (κ2) is 7.64. The van der Waals surface area contributed by atoms with Crippen molar-refractivity contribution in [2.45, 2.75) is 13.0 Å². The van der Waals surface area contributed by atoms with Crippen LogP contribution in [0.3, 0.4) is 0 Å². The van der Waals surface area contributed by atoms with Gasteiger partial charge in [-0.1, -0.05) is 52.9 Å². The molecule has 1 aromatic rings. The number of rotatable bonds is 5. The SMILES string of the molecule is I/C=C(/I)CCOCc1ccccc1. The van der Waals surface area contributed by atoms with Gasteiger partial charge in [0.1, 0.15) is 0 Å². The van der Waals surface area contributed by atoms with Gasteiger partial charge in [0, 0.05) is 6.42 Å². The molecule has 0 radical (unpaired) electrons. The van der Waals surface area contributed by atoms with E-state index in [-0.39, 0.29) is 0 Å². The molecule has 0 spiro atoms. The summed E-state index contributed by atoms with van der Waals surface area (Å²) in [6, 6.07) is 10.3. The first-order chi connectivity index (χ1) is 6.83. The highest BCUT2D eigenvalue weighted by Gasteiger charge is 1.93. The van der Waals surface area contributed by atoms with Gasteiger partial charge in [-0.2, -0.15) is 0 Å². The molecule has 0 amide bonds. The van der Waals surface area contributed by atoms with E-state index in [9.17, 15) is 0 Å². The van der Waals surface area contributed by atoms with E-state index in [2.05, 4.69) is 61.4 Å². The predicted molar refractivity (Wildman–Crippen MR) is 76.8 cm³/mol.